The molecule has 0 amide bonds. The Balaban J connectivity index is 2.23. The molecule has 23 heavy (non-hydrogen) atoms. The summed E-state index contributed by atoms with van der Waals surface area (Å²) >= 11 is 0. The topological polar surface area (TPSA) is 32.3 Å². The van der Waals surface area contributed by atoms with Crippen LogP contribution >= 0.6 is 0 Å². The molecule has 0 aromatic heterocycles. The van der Waals surface area contributed by atoms with Gasteiger partial charge in [-0.25, -0.2) is 8.78 Å². The van der Waals surface area contributed by atoms with Crippen LogP contribution in [-0.4, -0.2) is 11.3 Å². The number of hydrogen-bond donors (Lipinski definition) is 2. The van der Waals surface area contributed by atoms with Gasteiger partial charge in [0.1, 0.15) is 17.7 Å². The molecule has 0 fully saturated rings. The number of hydrogen-bond acceptors (Lipinski definition) is 2. The van der Waals surface area contributed by atoms with Crippen molar-refractivity contribution in [3.05, 3.63) is 70.8 Å². The van der Waals surface area contributed by atoms with Gasteiger partial charge >= 0.3 is 6.18 Å². The van der Waals surface area contributed by atoms with Gasteiger partial charge in [-0.3, -0.25) is 5.32 Å². The van der Waals surface area contributed by atoms with Crippen LogP contribution in [0.2, 0.25) is 0 Å². The highest BCUT2D eigenvalue weighted by Crippen LogP contribution is 2.35. The Morgan fingerprint density at radius 1 is 0.913 bits per heavy atom. The van der Waals surface area contributed by atoms with Crippen molar-refractivity contribution in [2.24, 2.45) is 0 Å². The summed E-state index contributed by atoms with van der Waals surface area (Å²) in [6.07, 6.45) is -4.85. The first-order chi connectivity index (χ1) is 10.8. The number of rotatable bonds is 5. The first-order valence-corrected chi connectivity index (χ1v) is 6.75. The van der Waals surface area contributed by atoms with Crippen LogP contribution in [0.25, 0.3) is 0 Å². The van der Waals surface area contributed by atoms with Crippen LogP contribution < -0.4 is 5.32 Å². The van der Waals surface area contributed by atoms with Gasteiger partial charge in [-0.2, -0.15) is 13.2 Å². The van der Waals surface area contributed by atoms with E-state index in [-0.39, 0.29) is 13.2 Å². The largest absolute Gasteiger partial charge is 0.408 e. The van der Waals surface area contributed by atoms with Crippen LogP contribution in [0.4, 0.5) is 22.0 Å². The van der Waals surface area contributed by atoms with Crippen molar-refractivity contribution in [2.75, 3.05) is 0 Å². The third kappa shape index (κ3) is 4.27. The number of aliphatic hydroxyl groups excluding tert-OH is 1. The van der Waals surface area contributed by atoms with Crippen molar-refractivity contribution in [1.82, 2.24) is 5.32 Å². The van der Waals surface area contributed by atoms with Gasteiger partial charge < -0.3 is 5.11 Å². The molecule has 1 atom stereocenters. The Hall–Kier alpha value is -1.99. The normalized spacial score (nSPS) is 13.1. The molecule has 124 valence electrons. The predicted octanol–water partition coefficient (Wildman–Crippen LogP) is 3.85. The lowest BCUT2D eigenvalue weighted by Gasteiger charge is -2.23. The molecule has 1 unspecified atom stereocenters. The highest BCUT2D eigenvalue weighted by Gasteiger charge is 2.43. The van der Waals surface area contributed by atoms with Crippen LogP contribution in [0, 0.1) is 11.6 Å². The van der Waals surface area contributed by atoms with E-state index in [1.165, 1.54) is 12.1 Å². The number of benzene rings is 2. The Morgan fingerprint density at radius 3 is 1.91 bits per heavy atom. The van der Waals surface area contributed by atoms with Crippen LogP contribution in [0.3, 0.4) is 0 Å². The Bertz CT molecular complexity index is 634. The zero-order chi connectivity index (χ0) is 17.0. The molecule has 2 aromatic rings. The Kier molecular flexibility index (Phi) is 5.33. The fourth-order valence-corrected chi connectivity index (χ4v) is 2.15. The van der Waals surface area contributed by atoms with E-state index < -0.39 is 29.4 Å². The van der Waals surface area contributed by atoms with Gasteiger partial charge in [0, 0.05) is 12.1 Å². The summed E-state index contributed by atoms with van der Waals surface area (Å²) in [4.78, 5) is 0. The molecule has 0 aliphatic rings. The number of alkyl halides is 3. The molecular formula is C16H14F5NO. The van der Waals surface area contributed by atoms with E-state index in [0.717, 1.165) is 18.2 Å². The molecule has 0 aliphatic carbocycles. The molecule has 2 aromatic carbocycles. The zero-order valence-corrected chi connectivity index (χ0v) is 11.9. The predicted molar refractivity (Wildman–Crippen MR) is 74.4 cm³/mol. The monoisotopic (exact) mass is 331 g/mol. The van der Waals surface area contributed by atoms with Crippen LogP contribution in [0.15, 0.2) is 42.5 Å². The highest BCUT2D eigenvalue weighted by atomic mass is 19.4. The lowest BCUT2D eigenvalue weighted by Crippen LogP contribution is -2.35. The number of nitrogens with one attached hydrogen (secondary N) is 1. The van der Waals surface area contributed by atoms with Gasteiger partial charge in [0.2, 0.25) is 0 Å². The zero-order valence-electron chi connectivity index (χ0n) is 11.9. The summed E-state index contributed by atoms with van der Waals surface area (Å²) in [6, 6.07) is 6.31. The van der Waals surface area contributed by atoms with Gasteiger partial charge in [-0.05, 0) is 23.3 Å². The van der Waals surface area contributed by atoms with E-state index in [1.54, 1.807) is 12.1 Å². The fraction of sp³-hybridized carbons (Fsp3) is 0.250. The SMILES string of the molecule is OCc1ccc(CNC(c2c(F)cccc2F)C(F)(F)F)cc1. The molecule has 2 N–H and O–H groups in total. The molecule has 0 heterocycles. The summed E-state index contributed by atoms with van der Waals surface area (Å²) < 4.78 is 66.8. The molecule has 0 radical (unpaired) electrons. The first-order valence-electron chi connectivity index (χ1n) is 6.75. The molecule has 2 nitrogen and oxygen atoms in total. The maximum atomic E-state index is 13.6. The first kappa shape index (κ1) is 17.4. The van der Waals surface area contributed by atoms with Crippen molar-refractivity contribution < 1.29 is 27.1 Å². The van der Waals surface area contributed by atoms with Crippen LogP contribution in [0.5, 0.6) is 0 Å². The van der Waals surface area contributed by atoms with E-state index in [9.17, 15) is 22.0 Å². The highest BCUT2D eigenvalue weighted by molar-refractivity contribution is 5.26. The Morgan fingerprint density at radius 2 is 1.43 bits per heavy atom. The number of halogens is 5. The van der Waals surface area contributed by atoms with E-state index in [2.05, 4.69) is 5.32 Å². The lowest BCUT2D eigenvalue weighted by atomic mass is 10.0. The molecule has 0 saturated carbocycles. The maximum Gasteiger partial charge on any atom is 0.408 e. The minimum absolute atomic E-state index is 0.181. The molecule has 2 rings (SSSR count). The second-order valence-electron chi connectivity index (χ2n) is 4.97. The van der Waals surface area contributed by atoms with Crippen molar-refractivity contribution in [3.8, 4) is 0 Å². The quantitative estimate of drug-likeness (QED) is 0.816. The molecule has 0 saturated heterocycles. The molecular weight excluding hydrogens is 317 g/mol. The summed E-state index contributed by atoms with van der Waals surface area (Å²) in [5.41, 5.74) is 0.0569. The van der Waals surface area contributed by atoms with E-state index in [0.29, 0.717) is 11.1 Å². The van der Waals surface area contributed by atoms with Gasteiger partial charge in [-0.15, -0.1) is 0 Å². The van der Waals surface area contributed by atoms with Crippen molar-refractivity contribution in [3.63, 3.8) is 0 Å². The average molecular weight is 331 g/mol. The van der Waals surface area contributed by atoms with E-state index in [4.69, 9.17) is 5.11 Å². The smallest absolute Gasteiger partial charge is 0.392 e. The lowest BCUT2D eigenvalue weighted by molar-refractivity contribution is -0.159. The van der Waals surface area contributed by atoms with E-state index in [1.807, 2.05) is 0 Å². The van der Waals surface area contributed by atoms with E-state index >= 15 is 0 Å². The molecule has 7 heteroatoms. The molecule has 0 spiro atoms. The second kappa shape index (κ2) is 7.06. The van der Waals surface area contributed by atoms with Crippen molar-refractivity contribution >= 4 is 0 Å². The average Bonchev–Trinajstić information content (AvgIpc) is 2.49. The van der Waals surface area contributed by atoms with Crippen LogP contribution in [-0.2, 0) is 13.2 Å². The van der Waals surface area contributed by atoms with Crippen LogP contribution in [0.1, 0.15) is 22.7 Å². The number of aliphatic hydroxyl groups is 1. The summed E-state index contributed by atoms with van der Waals surface area (Å²) in [7, 11) is 0. The van der Waals surface area contributed by atoms with Crippen molar-refractivity contribution in [2.45, 2.75) is 25.4 Å². The summed E-state index contributed by atoms with van der Waals surface area (Å²) in [5, 5.41) is 11.1. The minimum atomic E-state index is -4.85. The van der Waals surface area contributed by atoms with Gasteiger partial charge in [0.05, 0.1) is 6.61 Å². The fourth-order valence-electron chi connectivity index (χ4n) is 2.15. The standard InChI is InChI=1S/C16H14F5NO/c17-12-2-1-3-13(18)14(12)15(16(19,20)21)22-8-10-4-6-11(9-23)7-5-10/h1-7,15,22-23H,8-9H2. The van der Waals surface area contributed by atoms with Gasteiger partial charge in [-0.1, -0.05) is 30.3 Å². The summed E-state index contributed by atoms with van der Waals surface area (Å²) in [5.74, 6) is -2.51. The third-order valence-electron chi connectivity index (χ3n) is 3.33. The molecule has 0 aliphatic heterocycles. The van der Waals surface area contributed by atoms with Gasteiger partial charge in [0.15, 0.2) is 0 Å². The third-order valence-corrected chi connectivity index (χ3v) is 3.33. The maximum absolute atomic E-state index is 13.6. The molecule has 0 bridgehead atoms. The summed E-state index contributed by atoms with van der Waals surface area (Å²) in [6.45, 7) is -0.414. The Labute approximate surface area is 129 Å². The van der Waals surface area contributed by atoms with Crippen molar-refractivity contribution in [1.29, 1.82) is 0 Å². The second-order valence-corrected chi connectivity index (χ2v) is 4.97. The minimum Gasteiger partial charge on any atom is -0.392 e. The van der Waals surface area contributed by atoms with Gasteiger partial charge in [0.25, 0.3) is 0 Å².